The molecule has 4 nitrogen and oxygen atoms in total. The third-order valence-electron chi connectivity index (χ3n) is 4.64. The van der Waals surface area contributed by atoms with Crippen LogP contribution in [0.15, 0.2) is 18.2 Å². The number of nitrogens with one attached hydrogen (secondary N) is 2. The highest BCUT2D eigenvalue weighted by atomic mass is 16.2. The molecule has 0 aliphatic heterocycles. The minimum absolute atomic E-state index is 0.0367. The first-order chi connectivity index (χ1) is 10.5. The lowest BCUT2D eigenvalue weighted by molar-refractivity contribution is -0.121. The maximum Gasteiger partial charge on any atom is 0.251 e. The molecule has 0 saturated heterocycles. The summed E-state index contributed by atoms with van der Waals surface area (Å²) in [6.07, 6.45) is 4.62. The highest BCUT2D eigenvalue weighted by Crippen LogP contribution is 2.23. The first kappa shape index (κ1) is 16.5. The van der Waals surface area contributed by atoms with Crippen molar-refractivity contribution in [2.24, 2.45) is 5.92 Å². The van der Waals surface area contributed by atoms with Gasteiger partial charge in [0.25, 0.3) is 5.91 Å². The summed E-state index contributed by atoms with van der Waals surface area (Å²) in [6, 6.07) is 5.82. The number of aryl methyl sites for hydroxylation is 2. The van der Waals surface area contributed by atoms with Crippen molar-refractivity contribution in [3.05, 3.63) is 34.9 Å². The van der Waals surface area contributed by atoms with Crippen LogP contribution < -0.4 is 10.6 Å². The van der Waals surface area contributed by atoms with E-state index in [4.69, 9.17) is 0 Å². The molecular formula is C18H26N2O2. The van der Waals surface area contributed by atoms with Crippen LogP contribution in [0.25, 0.3) is 0 Å². The van der Waals surface area contributed by atoms with Crippen molar-refractivity contribution >= 4 is 11.8 Å². The van der Waals surface area contributed by atoms with Crippen molar-refractivity contribution in [3.63, 3.8) is 0 Å². The summed E-state index contributed by atoms with van der Waals surface area (Å²) in [7, 11) is 0. The van der Waals surface area contributed by atoms with Crippen LogP contribution in [0.5, 0.6) is 0 Å². The Kier molecular flexibility index (Phi) is 5.58. The third kappa shape index (κ3) is 4.33. The van der Waals surface area contributed by atoms with Gasteiger partial charge in [-0.2, -0.15) is 0 Å². The molecule has 1 aliphatic carbocycles. The highest BCUT2D eigenvalue weighted by Gasteiger charge is 2.22. The van der Waals surface area contributed by atoms with E-state index in [1.54, 1.807) is 6.07 Å². The fraction of sp³-hybridized carbons (Fsp3) is 0.556. The lowest BCUT2D eigenvalue weighted by atomic mass is 9.86. The quantitative estimate of drug-likeness (QED) is 0.898. The van der Waals surface area contributed by atoms with Crippen LogP contribution in [0.2, 0.25) is 0 Å². The molecule has 1 fully saturated rings. The van der Waals surface area contributed by atoms with Crippen LogP contribution in [0.1, 0.15) is 54.1 Å². The standard InChI is InChI=1S/C18H26N2O2/c1-12-8-9-15(10-14(12)3)18(22)19-11-17(21)20-16-7-5-4-6-13(16)2/h8-10,13,16H,4-7,11H2,1-3H3,(H,19,22)(H,20,21). The molecule has 1 aliphatic rings. The first-order valence-corrected chi connectivity index (χ1v) is 8.12. The Labute approximate surface area is 132 Å². The van der Waals surface area contributed by atoms with Gasteiger partial charge in [0.05, 0.1) is 6.54 Å². The van der Waals surface area contributed by atoms with Gasteiger partial charge >= 0.3 is 0 Å². The Hall–Kier alpha value is -1.84. The number of carbonyl (C=O) groups excluding carboxylic acids is 2. The predicted molar refractivity (Wildman–Crippen MR) is 87.8 cm³/mol. The molecule has 4 heteroatoms. The van der Waals surface area contributed by atoms with Crippen molar-refractivity contribution in [1.29, 1.82) is 0 Å². The topological polar surface area (TPSA) is 58.2 Å². The van der Waals surface area contributed by atoms with E-state index in [-0.39, 0.29) is 24.4 Å². The number of hydrogen-bond acceptors (Lipinski definition) is 2. The van der Waals surface area contributed by atoms with Gasteiger partial charge in [0.2, 0.25) is 5.91 Å². The summed E-state index contributed by atoms with van der Waals surface area (Å²) in [5.74, 6) is 0.221. The van der Waals surface area contributed by atoms with Crippen molar-refractivity contribution in [1.82, 2.24) is 10.6 Å². The Morgan fingerprint density at radius 3 is 2.55 bits per heavy atom. The monoisotopic (exact) mass is 302 g/mol. The van der Waals surface area contributed by atoms with Gasteiger partial charge in [0.15, 0.2) is 0 Å². The minimum Gasteiger partial charge on any atom is -0.352 e. The van der Waals surface area contributed by atoms with E-state index in [9.17, 15) is 9.59 Å². The molecule has 2 amide bonds. The van der Waals surface area contributed by atoms with Crippen LogP contribution in [0, 0.1) is 19.8 Å². The molecule has 2 unspecified atom stereocenters. The van der Waals surface area contributed by atoms with E-state index in [0.717, 1.165) is 17.5 Å². The van der Waals surface area contributed by atoms with Crippen molar-refractivity contribution < 1.29 is 9.59 Å². The van der Waals surface area contributed by atoms with E-state index in [0.29, 0.717) is 11.5 Å². The molecule has 1 aromatic carbocycles. The largest absolute Gasteiger partial charge is 0.352 e. The second-order valence-electron chi connectivity index (χ2n) is 6.42. The molecular weight excluding hydrogens is 276 g/mol. The van der Waals surface area contributed by atoms with Crippen LogP contribution in [0.4, 0.5) is 0 Å². The van der Waals surface area contributed by atoms with Crippen LogP contribution in [-0.2, 0) is 4.79 Å². The first-order valence-electron chi connectivity index (χ1n) is 8.12. The fourth-order valence-electron chi connectivity index (χ4n) is 2.93. The van der Waals surface area contributed by atoms with Crippen LogP contribution in [-0.4, -0.2) is 24.4 Å². The van der Waals surface area contributed by atoms with Gasteiger partial charge in [-0.25, -0.2) is 0 Å². The van der Waals surface area contributed by atoms with E-state index >= 15 is 0 Å². The molecule has 0 heterocycles. The maximum atomic E-state index is 12.1. The molecule has 0 bridgehead atoms. The summed E-state index contributed by atoms with van der Waals surface area (Å²) >= 11 is 0. The average Bonchev–Trinajstić information content (AvgIpc) is 2.50. The van der Waals surface area contributed by atoms with E-state index in [2.05, 4.69) is 17.6 Å². The zero-order chi connectivity index (χ0) is 16.1. The molecule has 120 valence electrons. The Morgan fingerprint density at radius 2 is 1.86 bits per heavy atom. The average molecular weight is 302 g/mol. The summed E-state index contributed by atoms with van der Waals surface area (Å²) in [4.78, 5) is 24.1. The molecule has 22 heavy (non-hydrogen) atoms. The summed E-state index contributed by atoms with van der Waals surface area (Å²) < 4.78 is 0. The van der Waals surface area contributed by atoms with Gasteiger partial charge in [-0.1, -0.05) is 25.8 Å². The molecule has 0 spiro atoms. The number of hydrogen-bond donors (Lipinski definition) is 2. The SMILES string of the molecule is Cc1ccc(C(=O)NCC(=O)NC2CCCCC2C)cc1C. The molecule has 1 aromatic rings. The number of benzene rings is 1. The molecule has 2 rings (SSSR count). The third-order valence-corrected chi connectivity index (χ3v) is 4.64. The minimum atomic E-state index is -0.199. The predicted octanol–water partition coefficient (Wildman–Crippen LogP) is 2.73. The van der Waals surface area contributed by atoms with Gasteiger partial charge in [-0.15, -0.1) is 0 Å². The number of amides is 2. The van der Waals surface area contributed by atoms with Gasteiger partial charge in [-0.05, 0) is 55.9 Å². The smallest absolute Gasteiger partial charge is 0.251 e. The van der Waals surface area contributed by atoms with Crippen molar-refractivity contribution in [2.75, 3.05) is 6.54 Å². The van der Waals surface area contributed by atoms with Gasteiger partial charge in [-0.3, -0.25) is 9.59 Å². The molecule has 0 aromatic heterocycles. The lowest BCUT2D eigenvalue weighted by Crippen LogP contribution is -2.45. The normalized spacial score (nSPS) is 21.2. The van der Waals surface area contributed by atoms with Gasteiger partial charge < -0.3 is 10.6 Å². The second kappa shape index (κ2) is 7.43. The van der Waals surface area contributed by atoms with Gasteiger partial charge in [0, 0.05) is 11.6 Å². The fourth-order valence-corrected chi connectivity index (χ4v) is 2.93. The molecule has 0 radical (unpaired) electrons. The number of rotatable bonds is 4. The van der Waals surface area contributed by atoms with E-state index < -0.39 is 0 Å². The second-order valence-corrected chi connectivity index (χ2v) is 6.42. The van der Waals surface area contributed by atoms with Crippen molar-refractivity contribution in [2.45, 2.75) is 52.5 Å². The summed E-state index contributed by atoms with van der Waals surface area (Å²) in [5.41, 5.74) is 2.83. The van der Waals surface area contributed by atoms with Crippen LogP contribution >= 0.6 is 0 Å². The Balaban J connectivity index is 1.82. The molecule has 2 atom stereocenters. The van der Waals surface area contributed by atoms with E-state index in [1.165, 1.54) is 19.3 Å². The highest BCUT2D eigenvalue weighted by molar-refractivity contribution is 5.96. The Morgan fingerprint density at radius 1 is 1.14 bits per heavy atom. The Bertz CT molecular complexity index is 554. The van der Waals surface area contributed by atoms with Gasteiger partial charge in [0.1, 0.15) is 0 Å². The zero-order valence-corrected chi connectivity index (χ0v) is 13.7. The van der Waals surface area contributed by atoms with E-state index in [1.807, 2.05) is 26.0 Å². The maximum absolute atomic E-state index is 12.1. The lowest BCUT2D eigenvalue weighted by Gasteiger charge is -2.29. The molecule has 2 N–H and O–H groups in total. The summed E-state index contributed by atoms with van der Waals surface area (Å²) in [5, 5.41) is 5.74. The van der Waals surface area contributed by atoms with Crippen molar-refractivity contribution in [3.8, 4) is 0 Å². The zero-order valence-electron chi connectivity index (χ0n) is 13.7. The summed E-state index contributed by atoms with van der Waals surface area (Å²) in [6.45, 7) is 6.20. The van der Waals surface area contributed by atoms with Crippen LogP contribution in [0.3, 0.4) is 0 Å². The molecule has 1 saturated carbocycles. The number of carbonyl (C=O) groups is 2.